The van der Waals surface area contributed by atoms with Crippen molar-refractivity contribution in [3.63, 3.8) is 0 Å². The summed E-state index contributed by atoms with van der Waals surface area (Å²) in [4.78, 5) is 4.76. The van der Waals surface area contributed by atoms with Crippen molar-refractivity contribution >= 4 is 76.8 Å². The van der Waals surface area contributed by atoms with Gasteiger partial charge in [0, 0.05) is 67.8 Å². The van der Waals surface area contributed by atoms with Crippen LogP contribution in [0, 0.1) is 0 Å². The highest BCUT2D eigenvalue weighted by molar-refractivity contribution is 6.12. The van der Waals surface area contributed by atoms with Gasteiger partial charge in [-0.25, -0.2) is 0 Å². The summed E-state index contributed by atoms with van der Waals surface area (Å²) in [7, 11) is 0. The second-order valence-corrected chi connectivity index (χ2v) is 16.2. The molecule has 0 saturated carbocycles. The van der Waals surface area contributed by atoms with Crippen LogP contribution >= 0.6 is 0 Å². The lowest BCUT2D eigenvalue weighted by Gasteiger charge is -2.12. The third-order valence-corrected chi connectivity index (χ3v) is 12.6. The predicted octanol–water partition coefficient (Wildman–Crippen LogP) is 14.1. The average molecular weight is 808 g/mol. The lowest BCUT2D eigenvalue weighted by Crippen LogP contribution is -1.99. The molecular weight excluding hydrogens is 767 g/mol. The van der Waals surface area contributed by atoms with E-state index in [4.69, 9.17) is 10.7 Å². The maximum Gasteiger partial charge on any atom is 0.0963 e. The first-order chi connectivity index (χ1) is 31.2. The zero-order valence-electron chi connectivity index (χ0n) is 34.4. The van der Waals surface area contributed by atoms with Crippen molar-refractivity contribution in [2.75, 3.05) is 0 Å². The zero-order valence-corrected chi connectivity index (χ0v) is 34.4. The minimum absolute atomic E-state index is 0.685. The molecule has 0 aliphatic heterocycles. The number of allylic oxidation sites excluding steroid dienone is 3. The first kappa shape index (κ1) is 36.4. The van der Waals surface area contributed by atoms with Gasteiger partial charge in [0.25, 0.3) is 0 Å². The van der Waals surface area contributed by atoms with Gasteiger partial charge in [-0.15, -0.1) is 0 Å². The van der Waals surface area contributed by atoms with Gasteiger partial charge in [0.15, 0.2) is 0 Å². The molecule has 0 atom stereocenters. The summed E-state index contributed by atoms with van der Waals surface area (Å²) in [6.45, 7) is 0.685. The van der Waals surface area contributed by atoms with Crippen LogP contribution in [0.4, 0.5) is 0 Å². The fourth-order valence-electron chi connectivity index (χ4n) is 9.63. The molecule has 12 aromatic rings. The van der Waals surface area contributed by atoms with Crippen molar-refractivity contribution in [3.8, 4) is 22.5 Å². The Morgan fingerprint density at radius 3 is 1.68 bits per heavy atom. The normalized spacial score (nSPS) is 12.4. The molecule has 5 nitrogen and oxygen atoms in total. The molecule has 0 saturated heterocycles. The monoisotopic (exact) mass is 807 g/mol. The molecule has 0 bridgehead atoms. The topological polar surface area (TPSA) is 53.7 Å². The van der Waals surface area contributed by atoms with Crippen LogP contribution < -0.4 is 5.73 Å². The molecule has 0 spiro atoms. The van der Waals surface area contributed by atoms with Gasteiger partial charge in [-0.2, -0.15) is 0 Å². The second kappa shape index (κ2) is 14.9. The molecule has 0 aliphatic rings. The number of nitrogens with zero attached hydrogens (tertiary/aromatic N) is 4. The summed E-state index contributed by atoms with van der Waals surface area (Å²) in [6, 6.07) is 73.7. The summed E-state index contributed by atoms with van der Waals surface area (Å²) in [5.74, 6) is 0. The molecule has 5 heteroatoms. The molecular formula is C58H41N5. The summed E-state index contributed by atoms with van der Waals surface area (Å²) in [5.41, 5.74) is 23.2. The molecule has 2 N–H and O–H groups in total. The van der Waals surface area contributed by atoms with Gasteiger partial charge in [0.2, 0.25) is 0 Å². The van der Waals surface area contributed by atoms with E-state index in [1.807, 2.05) is 30.5 Å². The van der Waals surface area contributed by atoms with Gasteiger partial charge in [0.1, 0.15) is 0 Å². The fourth-order valence-corrected chi connectivity index (χ4v) is 9.63. The Kier molecular flexibility index (Phi) is 8.64. The Hall–Kier alpha value is -8.41. The zero-order chi connectivity index (χ0) is 41.9. The van der Waals surface area contributed by atoms with Crippen LogP contribution in [0.25, 0.3) is 99.3 Å². The molecule has 0 unspecified atom stereocenters. The van der Waals surface area contributed by atoms with Crippen LogP contribution in [0.5, 0.6) is 0 Å². The Balaban J connectivity index is 0.953. The van der Waals surface area contributed by atoms with Crippen molar-refractivity contribution in [1.82, 2.24) is 18.7 Å². The quantitative estimate of drug-likeness (QED) is 0.156. The van der Waals surface area contributed by atoms with Crippen LogP contribution in [-0.2, 0) is 6.54 Å². The molecule has 4 aromatic heterocycles. The number of para-hydroxylation sites is 3. The van der Waals surface area contributed by atoms with Gasteiger partial charge >= 0.3 is 0 Å². The first-order valence-electron chi connectivity index (χ1n) is 21.5. The predicted molar refractivity (Wildman–Crippen MR) is 264 cm³/mol. The minimum Gasteiger partial charge on any atom is -0.398 e. The Morgan fingerprint density at radius 2 is 0.952 bits per heavy atom. The number of fused-ring (bicyclic) bond motifs is 9. The number of aromatic nitrogens is 4. The smallest absolute Gasteiger partial charge is 0.0963 e. The van der Waals surface area contributed by atoms with Crippen LogP contribution in [-0.4, -0.2) is 18.7 Å². The average Bonchev–Trinajstić information content (AvgIpc) is 3.98. The standard InChI is InChI=1S/C58H41N5/c59-51(40-16-5-2-6-17-40)37-43(39-14-3-1-4-15-39)33-35-61-52-21-10-7-19-47(52)50-36-41(26-32-53(50)61)42-25-31-48-46-18-8-11-22-54(46)63(57(48)38-42)45-29-27-44(28-30-45)62-55-23-12-9-20-49(55)58-56(62)24-13-34-60-58/h1-34,36-38H,35,59H2/b43-33+,51-37-. The number of pyridine rings is 1. The highest BCUT2D eigenvalue weighted by Gasteiger charge is 2.17. The lowest BCUT2D eigenvalue weighted by molar-refractivity contribution is 0.900. The van der Waals surface area contributed by atoms with Gasteiger partial charge < -0.3 is 19.4 Å². The molecule has 298 valence electrons. The van der Waals surface area contributed by atoms with Gasteiger partial charge in [-0.1, -0.05) is 140 Å². The fraction of sp³-hybridized carbons (Fsp3) is 0.0172. The van der Waals surface area contributed by atoms with Gasteiger partial charge in [-0.3, -0.25) is 4.98 Å². The van der Waals surface area contributed by atoms with E-state index in [0.717, 1.165) is 55.7 Å². The Labute approximate surface area is 364 Å². The van der Waals surface area contributed by atoms with E-state index in [2.05, 4.69) is 208 Å². The molecule has 0 amide bonds. The first-order valence-corrected chi connectivity index (χ1v) is 21.5. The number of benzene rings is 8. The number of rotatable bonds is 8. The van der Waals surface area contributed by atoms with Crippen molar-refractivity contribution in [2.24, 2.45) is 5.73 Å². The van der Waals surface area contributed by atoms with Gasteiger partial charge in [-0.05, 0) is 107 Å². The van der Waals surface area contributed by atoms with Gasteiger partial charge in [0.05, 0.1) is 27.6 Å². The summed E-state index contributed by atoms with van der Waals surface area (Å²) >= 11 is 0. The van der Waals surface area contributed by atoms with Crippen LogP contribution in [0.1, 0.15) is 11.1 Å². The number of hydrogen-bond donors (Lipinski definition) is 1. The molecule has 0 radical (unpaired) electrons. The number of nitrogens with two attached hydrogens (primary N) is 1. The van der Waals surface area contributed by atoms with Crippen molar-refractivity contribution < 1.29 is 0 Å². The van der Waals surface area contributed by atoms with E-state index in [1.54, 1.807) is 0 Å². The molecule has 8 aromatic carbocycles. The summed E-state index contributed by atoms with van der Waals surface area (Å²) < 4.78 is 7.14. The third kappa shape index (κ3) is 6.13. The Morgan fingerprint density at radius 1 is 0.429 bits per heavy atom. The molecule has 0 aliphatic carbocycles. The molecule has 4 heterocycles. The van der Waals surface area contributed by atoms with Crippen LogP contribution in [0.2, 0.25) is 0 Å². The van der Waals surface area contributed by atoms with E-state index >= 15 is 0 Å². The third-order valence-electron chi connectivity index (χ3n) is 12.6. The van der Waals surface area contributed by atoms with E-state index in [-0.39, 0.29) is 0 Å². The van der Waals surface area contributed by atoms with Crippen molar-refractivity contribution in [3.05, 3.63) is 236 Å². The maximum absolute atomic E-state index is 6.70. The second-order valence-electron chi connectivity index (χ2n) is 16.2. The van der Waals surface area contributed by atoms with Crippen molar-refractivity contribution in [1.29, 1.82) is 0 Å². The molecule has 12 rings (SSSR count). The Bertz CT molecular complexity index is 3700. The molecule has 63 heavy (non-hydrogen) atoms. The van der Waals surface area contributed by atoms with E-state index in [1.165, 1.54) is 54.7 Å². The molecule has 0 fully saturated rings. The van der Waals surface area contributed by atoms with Crippen LogP contribution in [0.3, 0.4) is 0 Å². The maximum atomic E-state index is 6.70. The number of hydrogen-bond acceptors (Lipinski definition) is 2. The highest BCUT2D eigenvalue weighted by atomic mass is 15.0. The lowest BCUT2D eigenvalue weighted by atomic mass is 10.0. The summed E-state index contributed by atoms with van der Waals surface area (Å²) in [6.07, 6.45) is 6.27. The van der Waals surface area contributed by atoms with E-state index in [9.17, 15) is 0 Å². The highest BCUT2D eigenvalue weighted by Crippen LogP contribution is 2.38. The van der Waals surface area contributed by atoms with E-state index in [0.29, 0.717) is 6.54 Å². The minimum atomic E-state index is 0.685. The van der Waals surface area contributed by atoms with E-state index < -0.39 is 0 Å². The van der Waals surface area contributed by atoms with Crippen molar-refractivity contribution in [2.45, 2.75) is 6.54 Å². The van der Waals surface area contributed by atoms with Crippen LogP contribution in [0.15, 0.2) is 225 Å². The SMILES string of the molecule is N/C(=C\C(=C/Cn1c2ccccc2c2cc(-c3ccc4c5ccccc5n(-c5ccc(-n6c7ccccc7c7ncccc76)cc5)c4c3)ccc21)c1ccccc1)c1ccccc1. The largest absolute Gasteiger partial charge is 0.398 e. The summed E-state index contributed by atoms with van der Waals surface area (Å²) in [5, 5.41) is 6.08.